The van der Waals surface area contributed by atoms with Gasteiger partial charge in [-0.05, 0) is 32.6 Å². The first-order valence-electron chi connectivity index (χ1n) is 5.32. The van der Waals surface area contributed by atoms with Gasteiger partial charge in [-0.1, -0.05) is 0 Å². The topological polar surface area (TPSA) is 63.3 Å². The van der Waals surface area contributed by atoms with Gasteiger partial charge >= 0.3 is 5.97 Å². The van der Waals surface area contributed by atoms with Crippen molar-refractivity contribution in [2.24, 2.45) is 5.92 Å². The van der Waals surface area contributed by atoms with Crippen molar-refractivity contribution in [1.29, 1.82) is 0 Å². The minimum Gasteiger partial charge on any atom is -0.481 e. The van der Waals surface area contributed by atoms with Crippen LogP contribution in [0, 0.1) is 12.8 Å². The molecular weight excluding hydrogens is 194 g/mol. The molecule has 4 nitrogen and oxygen atoms in total. The van der Waals surface area contributed by atoms with Gasteiger partial charge in [0.2, 0.25) is 0 Å². The molecule has 1 fully saturated rings. The fraction of sp³-hybridized carbons (Fsp3) is 0.636. The summed E-state index contributed by atoms with van der Waals surface area (Å²) >= 11 is 0. The molecule has 1 aromatic heterocycles. The summed E-state index contributed by atoms with van der Waals surface area (Å²) in [7, 11) is 0. The van der Waals surface area contributed by atoms with E-state index in [0.29, 0.717) is 5.92 Å². The van der Waals surface area contributed by atoms with Gasteiger partial charge in [-0.25, -0.2) is 4.98 Å². The van der Waals surface area contributed by atoms with E-state index in [2.05, 4.69) is 4.98 Å². The van der Waals surface area contributed by atoms with E-state index in [0.717, 1.165) is 37.3 Å². The summed E-state index contributed by atoms with van der Waals surface area (Å²) in [5, 5.41) is 8.86. The molecule has 0 radical (unpaired) electrons. The van der Waals surface area contributed by atoms with Crippen LogP contribution in [0.5, 0.6) is 0 Å². The number of aryl methyl sites for hydroxylation is 1. The lowest BCUT2D eigenvalue weighted by atomic mass is 9.82. The molecule has 0 aliphatic heterocycles. The molecule has 0 aromatic carbocycles. The first-order valence-corrected chi connectivity index (χ1v) is 5.32. The van der Waals surface area contributed by atoms with Crippen LogP contribution in [0.4, 0.5) is 0 Å². The van der Waals surface area contributed by atoms with Gasteiger partial charge in [0.05, 0.1) is 12.1 Å². The van der Waals surface area contributed by atoms with E-state index < -0.39 is 5.97 Å². The SMILES string of the molecule is Cc1cnc(C2CCC(C(=O)O)CC2)o1. The maximum absolute atomic E-state index is 10.8. The smallest absolute Gasteiger partial charge is 0.306 e. The van der Waals surface area contributed by atoms with Crippen LogP contribution >= 0.6 is 0 Å². The standard InChI is InChI=1S/C11H15NO3/c1-7-6-12-10(15-7)8-2-4-9(5-3-8)11(13)14/h6,8-9H,2-5H2,1H3,(H,13,14). The second-order valence-electron chi connectivity index (χ2n) is 4.20. The Bertz CT molecular complexity index is 350. The first-order chi connectivity index (χ1) is 7.16. The molecule has 1 saturated carbocycles. The van der Waals surface area contributed by atoms with Crippen LogP contribution in [-0.2, 0) is 4.79 Å². The van der Waals surface area contributed by atoms with Crippen LogP contribution in [0.15, 0.2) is 10.6 Å². The third-order valence-electron chi connectivity index (χ3n) is 3.06. The molecule has 2 rings (SSSR count). The zero-order chi connectivity index (χ0) is 10.8. The summed E-state index contributed by atoms with van der Waals surface area (Å²) in [4.78, 5) is 15.0. The highest BCUT2D eigenvalue weighted by Gasteiger charge is 2.28. The normalized spacial score (nSPS) is 26.5. The molecule has 0 unspecified atom stereocenters. The Morgan fingerprint density at radius 2 is 2.13 bits per heavy atom. The van der Waals surface area contributed by atoms with Crippen molar-refractivity contribution in [3.8, 4) is 0 Å². The summed E-state index contributed by atoms with van der Waals surface area (Å²) in [5.41, 5.74) is 0. The number of oxazole rings is 1. The molecule has 1 aromatic rings. The fourth-order valence-corrected chi connectivity index (χ4v) is 2.15. The number of carboxylic acids is 1. The number of carbonyl (C=O) groups is 1. The Morgan fingerprint density at radius 3 is 2.60 bits per heavy atom. The Kier molecular flexibility index (Phi) is 2.75. The van der Waals surface area contributed by atoms with Gasteiger partial charge < -0.3 is 9.52 Å². The molecule has 0 amide bonds. The number of aromatic nitrogens is 1. The largest absolute Gasteiger partial charge is 0.481 e. The van der Waals surface area contributed by atoms with Crippen molar-refractivity contribution in [1.82, 2.24) is 4.98 Å². The molecule has 0 atom stereocenters. The third kappa shape index (κ3) is 2.19. The number of carboxylic acid groups (broad SMARTS) is 1. The molecule has 1 aliphatic carbocycles. The van der Waals surface area contributed by atoms with E-state index in [4.69, 9.17) is 9.52 Å². The van der Waals surface area contributed by atoms with E-state index in [1.54, 1.807) is 6.20 Å². The predicted molar refractivity (Wildman–Crippen MR) is 53.6 cm³/mol. The lowest BCUT2D eigenvalue weighted by Crippen LogP contribution is -2.20. The minimum atomic E-state index is -0.669. The number of aliphatic carboxylic acids is 1. The summed E-state index contributed by atoms with van der Waals surface area (Å²) in [6, 6.07) is 0. The summed E-state index contributed by atoms with van der Waals surface area (Å²) in [6.07, 6.45) is 4.94. The average Bonchev–Trinajstić information content (AvgIpc) is 2.65. The van der Waals surface area contributed by atoms with Crippen LogP contribution in [-0.4, -0.2) is 16.1 Å². The van der Waals surface area contributed by atoms with Gasteiger partial charge in [0.25, 0.3) is 0 Å². The second kappa shape index (κ2) is 4.04. The van der Waals surface area contributed by atoms with E-state index in [9.17, 15) is 4.79 Å². The lowest BCUT2D eigenvalue weighted by Gasteiger charge is -2.23. The fourth-order valence-electron chi connectivity index (χ4n) is 2.15. The van der Waals surface area contributed by atoms with E-state index in [-0.39, 0.29) is 5.92 Å². The van der Waals surface area contributed by atoms with Crippen molar-refractivity contribution in [3.05, 3.63) is 17.8 Å². The molecule has 15 heavy (non-hydrogen) atoms. The Balaban J connectivity index is 1.96. The van der Waals surface area contributed by atoms with Crippen LogP contribution in [0.2, 0.25) is 0 Å². The van der Waals surface area contributed by atoms with Gasteiger partial charge in [0.15, 0.2) is 5.89 Å². The molecule has 82 valence electrons. The molecular formula is C11H15NO3. The molecule has 1 aliphatic rings. The van der Waals surface area contributed by atoms with Gasteiger partial charge in [-0.3, -0.25) is 4.79 Å². The van der Waals surface area contributed by atoms with Crippen LogP contribution < -0.4 is 0 Å². The summed E-state index contributed by atoms with van der Waals surface area (Å²) in [5.74, 6) is 1.07. The van der Waals surface area contributed by atoms with E-state index >= 15 is 0 Å². The molecule has 0 bridgehead atoms. The highest BCUT2D eigenvalue weighted by molar-refractivity contribution is 5.70. The van der Waals surface area contributed by atoms with Crippen molar-refractivity contribution in [3.63, 3.8) is 0 Å². The minimum absolute atomic E-state index is 0.169. The van der Waals surface area contributed by atoms with Gasteiger partial charge in [0, 0.05) is 5.92 Å². The number of hydrogen-bond acceptors (Lipinski definition) is 3. The zero-order valence-corrected chi connectivity index (χ0v) is 8.77. The maximum atomic E-state index is 10.8. The maximum Gasteiger partial charge on any atom is 0.306 e. The first kappa shape index (κ1) is 10.2. The molecule has 1 heterocycles. The predicted octanol–water partition coefficient (Wildman–Crippen LogP) is 2.34. The van der Waals surface area contributed by atoms with Crippen LogP contribution in [0.1, 0.15) is 43.3 Å². The molecule has 0 saturated heterocycles. The Labute approximate surface area is 88.3 Å². The Morgan fingerprint density at radius 1 is 1.47 bits per heavy atom. The van der Waals surface area contributed by atoms with Crippen LogP contribution in [0.25, 0.3) is 0 Å². The van der Waals surface area contributed by atoms with Crippen molar-refractivity contribution >= 4 is 5.97 Å². The monoisotopic (exact) mass is 209 g/mol. The van der Waals surface area contributed by atoms with Gasteiger partial charge in [-0.15, -0.1) is 0 Å². The third-order valence-corrected chi connectivity index (χ3v) is 3.06. The second-order valence-corrected chi connectivity index (χ2v) is 4.20. The molecule has 4 heteroatoms. The van der Waals surface area contributed by atoms with E-state index in [1.165, 1.54) is 0 Å². The highest BCUT2D eigenvalue weighted by atomic mass is 16.4. The van der Waals surface area contributed by atoms with Gasteiger partial charge in [0.1, 0.15) is 5.76 Å². The van der Waals surface area contributed by atoms with Crippen LogP contribution in [0.3, 0.4) is 0 Å². The summed E-state index contributed by atoms with van der Waals surface area (Å²) < 4.78 is 5.46. The summed E-state index contributed by atoms with van der Waals surface area (Å²) in [6.45, 7) is 1.87. The number of rotatable bonds is 2. The highest BCUT2D eigenvalue weighted by Crippen LogP contribution is 2.35. The zero-order valence-electron chi connectivity index (χ0n) is 8.77. The number of nitrogens with zero attached hydrogens (tertiary/aromatic N) is 1. The number of hydrogen-bond donors (Lipinski definition) is 1. The van der Waals surface area contributed by atoms with Crippen molar-refractivity contribution in [2.45, 2.75) is 38.5 Å². The molecule has 1 N–H and O–H groups in total. The van der Waals surface area contributed by atoms with Gasteiger partial charge in [-0.2, -0.15) is 0 Å². The molecule has 0 spiro atoms. The average molecular weight is 209 g/mol. The lowest BCUT2D eigenvalue weighted by molar-refractivity contribution is -0.142. The quantitative estimate of drug-likeness (QED) is 0.812. The van der Waals surface area contributed by atoms with Crippen molar-refractivity contribution < 1.29 is 14.3 Å². The van der Waals surface area contributed by atoms with Crippen molar-refractivity contribution in [2.75, 3.05) is 0 Å². The van der Waals surface area contributed by atoms with E-state index in [1.807, 2.05) is 6.92 Å². The Hall–Kier alpha value is -1.32.